The number of ether oxygens (including phenoxy) is 1. The van der Waals surface area contributed by atoms with E-state index in [0.717, 1.165) is 21.1 Å². The molecule has 0 saturated carbocycles. The van der Waals surface area contributed by atoms with E-state index in [0.29, 0.717) is 15.8 Å². The van der Waals surface area contributed by atoms with Crippen molar-refractivity contribution in [3.8, 4) is 5.75 Å². The number of carbonyl (C=O) groups excluding carboxylic acids is 2. The lowest BCUT2D eigenvalue weighted by molar-refractivity contribution is -0.123. The zero-order chi connectivity index (χ0) is 19.7. The van der Waals surface area contributed by atoms with Crippen LogP contribution in [0.15, 0.2) is 44.2 Å². The first kappa shape index (κ1) is 20.4. The van der Waals surface area contributed by atoms with Crippen molar-refractivity contribution in [2.45, 2.75) is 6.54 Å². The fourth-order valence-corrected chi connectivity index (χ4v) is 4.99. The van der Waals surface area contributed by atoms with E-state index in [1.165, 1.54) is 25.3 Å². The van der Waals surface area contributed by atoms with Crippen molar-refractivity contribution in [2.24, 2.45) is 0 Å². The number of imide groups is 1. The van der Waals surface area contributed by atoms with Crippen molar-refractivity contribution < 1.29 is 18.7 Å². The van der Waals surface area contributed by atoms with Crippen LogP contribution in [0.1, 0.15) is 11.1 Å². The summed E-state index contributed by atoms with van der Waals surface area (Å²) < 4.78 is 20.8. The number of nitrogens with zero attached hydrogens (tertiary/aromatic N) is 1. The normalized spacial score (nSPS) is 15.7. The molecule has 1 fully saturated rings. The molecule has 2 aromatic carbocycles. The molecule has 140 valence electrons. The molecule has 1 aliphatic heterocycles. The molecule has 4 nitrogen and oxygen atoms in total. The van der Waals surface area contributed by atoms with Gasteiger partial charge >= 0.3 is 0 Å². The molecule has 0 bridgehead atoms. The highest BCUT2D eigenvalue weighted by Crippen LogP contribution is 2.39. The van der Waals surface area contributed by atoms with Gasteiger partial charge in [0.05, 0.1) is 23.0 Å². The maximum atomic E-state index is 14.0. The van der Waals surface area contributed by atoms with Crippen LogP contribution in [0.5, 0.6) is 5.75 Å². The van der Waals surface area contributed by atoms with Crippen LogP contribution in [0.3, 0.4) is 0 Å². The minimum Gasteiger partial charge on any atom is -0.495 e. The van der Waals surface area contributed by atoms with Gasteiger partial charge in [-0.1, -0.05) is 33.6 Å². The summed E-state index contributed by atoms with van der Waals surface area (Å²) in [5.74, 6) is -0.548. The van der Waals surface area contributed by atoms with Crippen LogP contribution in [-0.4, -0.2) is 23.2 Å². The topological polar surface area (TPSA) is 46.6 Å². The molecule has 0 N–H and O–H groups in total. The summed E-state index contributed by atoms with van der Waals surface area (Å²) in [6.07, 6.45) is 1.57. The third-order valence-corrected chi connectivity index (χ3v) is 6.09. The second-order valence-electron chi connectivity index (χ2n) is 5.48. The third-order valence-electron chi connectivity index (χ3n) is 3.78. The summed E-state index contributed by atoms with van der Waals surface area (Å²) >= 11 is 13.6. The number of carbonyl (C=O) groups is 2. The molecule has 1 aliphatic rings. The first-order valence-corrected chi connectivity index (χ1v) is 10.3. The average Bonchev–Trinajstić information content (AvgIpc) is 2.85. The molecule has 0 unspecified atom stereocenters. The highest BCUT2D eigenvalue weighted by molar-refractivity contribution is 9.11. The van der Waals surface area contributed by atoms with Gasteiger partial charge in [0.1, 0.15) is 11.6 Å². The van der Waals surface area contributed by atoms with E-state index in [2.05, 4.69) is 31.9 Å². The van der Waals surface area contributed by atoms with Gasteiger partial charge < -0.3 is 4.74 Å². The Balaban J connectivity index is 1.94. The zero-order valence-electron chi connectivity index (χ0n) is 13.8. The van der Waals surface area contributed by atoms with Gasteiger partial charge in [-0.05, 0) is 58.0 Å². The van der Waals surface area contributed by atoms with Crippen molar-refractivity contribution in [1.29, 1.82) is 0 Å². The van der Waals surface area contributed by atoms with Gasteiger partial charge in [0, 0.05) is 20.6 Å². The summed E-state index contributed by atoms with van der Waals surface area (Å²) in [5.41, 5.74) is 0.721. The lowest BCUT2D eigenvalue weighted by atomic mass is 10.1. The van der Waals surface area contributed by atoms with Crippen molar-refractivity contribution >= 4 is 72.4 Å². The Labute approximate surface area is 181 Å². The lowest BCUT2D eigenvalue weighted by Crippen LogP contribution is -2.28. The smallest absolute Gasteiger partial charge is 0.293 e. The zero-order valence-corrected chi connectivity index (χ0v) is 18.5. The molecule has 27 heavy (non-hydrogen) atoms. The van der Waals surface area contributed by atoms with Gasteiger partial charge in [-0.25, -0.2) is 4.39 Å². The highest BCUT2D eigenvalue weighted by Gasteiger charge is 2.36. The van der Waals surface area contributed by atoms with Crippen molar-refractivity contribution in [3.05, 3.63) is 66.1 Å². The fourth-order valence-electron chi connectivity index (χ4n) is 2.52. The lowest BCUT2D eigenvalue weighted by Gasteiger charge is -2.14. The van der Waals surface area contributed by atoms with Gasteiger partial charge in [-0.2, -0.15) is 0 Å². The molecule has 2 aromatic rings. The molecule has 0 aliphatic carbocycles. The number of halogens is 4. The fraction of sp³-hybridized carbons (Fsp3) is 0.111. The first-order valence-electron chi connectivity index (χ1n) is 7.53. The minimum atomic E-state index is -0.567. The van der Waals surface area contributed by atoms with Crippen LogP contribution in [-0.2, 0) is 11.3 Å². The number of benzene rings is 2. The largest absolute Gasteiger partial charge is 0.495 e. The Morgan fingerprint density at radius 2 is 2.04 bits per heavy atom. The van der Waals surface area contributed by atoms with E-state index in [1.807, 2.05) is 6.07 Å². The SMILES string of the molecule is COc1c(Br)cc(Br)cc1/C=C1/SC(=O)N(Cc2c(F)cccc2Cl)C1=O. The molecule has 2 amide bonds. The number of hydrogen-bond acceptors (Lipinski definition) is 4. The molecule has 0 radical (unpaired) electrons. The average molecular weight is 536 g/mol. The van der Waals surface area contributed by atoms with Crippen molar-refractivity contribution in [3.63, 3.8) is 0 Å². The molecule has 0 atom stereocenters. The molecule has 1 heterocycles. The maximum absolute atomic E-state index is 14.0. The summed E-state index contributed by atoms with van der Waals surface area (Å²) in [6, 6.07) is 7.79. The summed E-state index contributed by atoms with van der Waals surface area (Å²) in [7, 11) is 1.51. The van der Waals surface area contributed by atoms with Crippen molar-refractivity contribution in [1.82, 2.24) is 4.90 Å². The van der Waals surface area contributed by atoms with Gasteiger partial charge in [0.25, 0.3) is 11.1 Å². The van der Waals surface area contributed by atoms with E-state index in [9.17, 15) is 14.0 Å². The molecule has 3 rings (SSSR count). The maximum Gasteiger partial charge on any atom is 0.293 e. The predicted molar refractivity (Wildman–Crippen MR) is 111 cm³/mol. The van der Waals surface area contributed by atoms with E-state index in [4.69, 9.17) is 16.3 Å². The third kappa shape index (κ3) is 4.23. The van der Waals surface area contributed by atoms with Crippen molar-refractivity contribution in [2.75, 3.05) is 7.11 Å². The molecule has 9 heteroatoms. The van der Waals surface area contributed by atoms with Crippen LogP contribution >= 0.6 is 55.2 Å². The van der Waals surface area contributed by atoms with E-state index >= 15 is 0 Å². The Kier molecular flexibility index (Phi) is 6.30. The van der Waals surface area contributed by atoms with E-state index < -0.39 is 17.0 Å². The molecule has 1 saturated heterocycles. The number of hydrogen-bond donors (Lipinski definition) is 0. The quantitative estimate of drug-likeness (QED) is 0.435. The van der Waals surface area contributed by atoms with Crippen LogP contribution in [0, 0.1) is 5.82 Å². The van der Waals surface area contributed by atoms with Gasteiger partial charge in [-0.15, -0.1) is 0 Å². The minimum absolute atomic E-state index is 0.102. The Hall–Kier alpha value is -1.35. The van der Waals surface area contributed by atoms with Crippen LogP contribution in [0.4, 0.5) is 9.18 Å². The number of amides is 2. The summed E-state index contributed by atoms with van der Waals surface area (Å²) in [4.78, 5) is 26.2. The number of thioether (sulfide) groups is 1. The molecular formula is C18H11Br2ClFNO3S. The Morgan fingerprint density at radius 1 is 1.30 bits per heavy atom. The second kappa shape index (κ2) is 8.34. The number of rotatable bonds is 4. The number of methoxy groups -OCH3 is 1. The van der Waals surface area contributed by atoms with Gasteiger partial charge in [-0.3, -0.25) is 14.5 Å². The monoisotopic (exact) mass is 533 g/mol. The standard InChI is InChI=1S/C18H11Br2ClFNO3S/c1-26-16-9(5-10(19)7-12(16)20)6-15-17(24)23(18(25)27-15)8-11-13(21)3-2-4-14(11)22/h2-7H,8H2,1H3/b15-6+. The van der Waals surface area contributed by atoms with Gasteiger partial charge in [0.15, 0.2) is 0 Å². The molecule has 0 aromatic heterocycles. The van der Waals surface area contributed by atoms with E-state index in [1.54, 1.807) is 12.1 Å². The van der Waals surface area contributed by atoms with Crippen LogP contribution in [0.25, 0.3) is 6.08 Å². The Bertz CT molecular complexity index is 963. The first-order chi connectivity index (χ1) is 12.8. The summed E-state index contributed by atoms with van der Waals surface area (Å²) in [6.45, 7) is -0.229. The Morgan fingerprint density at radius 3 is 2.70 bits per heavy atom. The van der Waals surface area contributed by atoms with Gasteiger partial charge in [0.2, 0.25) is 0 Å². The predicted octanol–water partition coefficient (Wildman–Crippen LogP) is 6.25. The van der Waals surface area contributed by atoms with E-state index in [-0.39, 0.29) is 22.0 Å². The highest BCUT2D eigenvalue weighted by atomic mass is 79.9. The molecule has 0 spiro atoms. The van der Waals surface area contributed by atoms with Crippen LogP contribution in [0.2, 0.25) is 5.02 Å². The van der Waals surface area contributed by atoms with Crippen LogP contribution < -0.4 is 4.74 Å². The summed E-state index contributed by atoms with van der Waals surface area (Å²) in [5, 5.41) is -0.325. The second-order valence-corrected chi connectivity index (χ2v) is 8.65. The molecular weight excluding hydrogens is 525 g/mol.